The molecule has 2 aliphatic rings. The van der Waals surface area contributed by atoms with Crippen LogP contribution in [0.15, 0.2) is 66.2 Å². The first-order chi connectivity index (χ1) is 15.8. The maximum Gasteiger partial charge on any atom is -1.00 e. The van der Waals surface area contributed by atoms with Gasteiger partial charge in [-0.2, -0.15) is 0 Å². The predicted octanol–water partition coefficient (Wildman–Crippen LogP) is -0.0423. The molecule has 3 aromatic rings. The molecule has 0 saturated heterocycles. The average Bonchev–Trinajstić information content (AvgIpc) is 3.27. The fourth-order valence-electron chi connectivity index (χ4n) is 5.65. The molecular formula is C30H31Cl2OSiZr. The maximum absolute atomic E-state index is 6.49. The zero-order chi connectivity index (χ0) is 23.3. The quantitative estimate of drug-likeness (QED) is 0.376. The molecule has 0 heterocycles. The third kappa shape index (κ3) is 5.27. The first-order valence-electron chi connectivity index (χ1n) is 11.9. The molecule has 35 heavy (non-hydrogen) atoms. The number of hydrogen-bond acceptors (Lipinski definition) is 1. The van der Waals surface area contributed by atoms with E-state index in [0.29, 0.717) is 0 Å². The van der Waals surface area contributed by atoms with Gasteiger partial charge in [0, 0.05) is 0 Å². The van der Waals surface area contributed by atoms with E-state index in [4.69, 9.17) is 4.43 Å². The number of hydrogen-bond donors (Lipinski definition) is 0. The molecule has 0 aliphatic heterocycles. The van der Waals surface area contributed by atoms with E-state index >= 15 is 0 Å². The summed E-state index contributed by atoms with van der Waals surface area (Å²) in [5.41, 5.74) is 7.23. The van der Waals surface area contributed by atoms with Gasteiger partial charge in [-0.25, -0.2) is 0 Å². The van der Waals surface area contributed by atoms with Gasteiger partial charge in [0.25, 0.3) is 0 Å². The van der Waals surface area contributed by atoms with Gasteiger partial charge in [-0.3, -0.25) is 0 Å². The first kappa shape index (κ1) is 28.4. The van der Waals surface area contributed by atoms with Crippen molar-refractivity contribution in [2.75, 3.05) is 0 Å². The molecule has 2 aliphatic carbocycles. The van der Waals surface area contributed by atoms with Gasteiger partial charge in [0.15, 0.2) is 0 Å². The Labute approximate surface area is 237 Å². The molecule has 0 saturated carbocycles. The normalized spacial score (nSPS) is 17.1. The van der Waals surface area contributed by atoms with Gasteiger partial charge in [0.2, 0.25) is 0 Å². The van der Waals surface area contributed by atoms with Crippen LogP contribution >= 0.6 is 0 Å². The van der Waals surface area contributed by atoms with Crippen LogP contribution < -0.4 is 35.3 Å². The minimum absolute atomic E-state index is 0. The van der Waals surface area contributed by atoms with Crippen LogP contribution in [0.5, 0.6) is 0 Å². The molecule has 0 aromatic heterocycles. The molecule has 5 rings (SSSR count). The Morgan fingerprint density at radius 3 is 2.26 bits per heavy atom. The van der Waals surface area contributed by atoms with Crippen molar-refractivity contribution in [1.82, 2.24) is 0 Å². The second-order valence-corrected chi connectivity index (χ2v) is 15.9. The van der Waals surface area contributed by atoms with Crippen molar-refractivity contribution in [1.29, 1.82) is 0 Å². The maximum atomic E-state index is 6.49. The molecule has 0 amide bonds. The number of benzene rings is 3. The Kier molecular flexibility index (Phi) is 8.94. The van der Waals surface area contributed by atoms with Crippen molar-refractivity contribution in [3.63, 3.8) is 0 Å². The second-order valence-electron chi connectivity index (χ2n) is 10.2. The topological polar surface area (TPSA) is 9.23 Å². The van der Waals surface area contributed by atoms with E-state index < -0.39 is 8.32 Å². The van der Waals surface area contributed by atoms with Crippen LogP contribution in [0.4, 0.5) is 0 Å². The minimum atomic E-state index is -1.60. The van der Waals surface area contributed by atoms with E-state index in [2.05, 4.69) is 106 Å². The Hall–Kier alpha value is -1.22. The van der Waals surface area contributed by atoms with Crippen molar-refractivity contribution in [3.05, 3.63) is 109 Å². The van der Waals surface area contributed by atoms with Gasteiger partial charge in [0.05, 0.1) is 0 Å². The van der Waals surface area contributed by atoms with Crippen LogP contribution in [0, 0.1) is 10.4 Å². The van der Waals surface area contributed by atoms with Gasteiger partial charge in [-0.05, 0) is 0 Å². The van der Waals surface area contributed by atoms with Crippen molar-refractivity contribution in [2.24, 2.45) is 0 Å². The van der Waals surface area contributed by atoms with Gasteiger partial charge in [-0.1, -0.05) is 0 Å². The largest absolute Gasteiger partial charge is 1.00 e. The number of halogens is 2. The van der Waals surface area contributed by atoms with Crippen molar-refractivity contribution in [3.8, 4) is 0 Å². The van der Waals surface area contributed by atoms with E-state index in [0.717, 1.165) is 6.42 Å². The molecule has 5 heteroatoms. The summed E-state index contributed by atoms with van der Waals surface area (Å²) in [6.07, 6.45) is 5.92. The van der Waals surface area contributed by atoms with Crippen molar-refractivity contribution < 1.29 is 54.0 Å². The SMILES string of the molecule is CC=c1ccc2c(c1C1C(CC(C)O[Si](C)(C)C)=Cc3ccccc31)[C]([Zr+2])=c1ccccc1=2.[Cl-].[Cl-]. The van der Waals surface area contributed by atoms with E-state index in [-0.39, 0.29) is 36.8 Å². The average molecular weight is 598 g/mol. The third-order valence-corrected chi connectivity index (χ3v) is 9.10. The van der Waals surface area contributed by atoms with E-state index in [1.54, 1.807) is 0 Å². The summed E-state index contributed by atoms with van der Waals surface area (Å²) in [6, 6.07) is 22.6. The summed E-state index contributed by atoms with van der Waals surface area (Å²) in [5.74, 6) is 0.278. The van der Waals surface area contributed by atoms with Crippen LogP contribution in [0.3, 0.4) is 0 Å². The summed E-state index contributed by atoms with van der Waals surface area (Å²) in [5, 5.41) is 5.55. The van der Waals surface area contributed by atoms with Crippen molar-refractivity contribution in [2.45, 2.75) is 51.9 Å². The van der Waals surface area contributed by atoms with Gasteiger partial charge >= 0.3 is 214 Å². The monoisotopic (exact) mass is 595 g/mol. The van der Waals surface area contributed by atoms with Gasteiger partial charge in [-0.15, -0.1) is 0 Å². The summed E-state index contributed by atoms with van der Waals surface area (Å²) < 4.78 is 7.98. The summed E-state index contributed by atoms with van der Waals surface area (Å²) in [7, 11) is -1.60. The molecule has 0 radical (unpaired) electrons. The zero-order valence-corrected chi connectivity index (χ0v) is 25.9. The first-order valence-corrected chi connectivity index (χ1v) is 16.5. The Morgan fingerprint density at radius 2 is 1.57 bits per heavy atom. The molecule has 0 fully saturated rings. The summed E-state index contributed by atoms with van der Waals surface area (Å²) in [6.45, 7) is 11.3. The summed E-state index contributed by atoms with van der Waals surface area (Å²) in [4.78, 5) is 0. The minimum Gasteiger partial charge on any atom is -1.00 e. The molecule has 0 spiro atoms. The van der Waals surface area contributed by atoms with E-state index in [1.807, 2.05) is 0 Å². The Bertz CT molecular complexity index is 1500. The molecule has 3 aromatic carbocycles. The van der Waals surface area contributed by atoms with Crippen LogP contribution in [-0.4, -0.2) is 14.4 Å². The fraction of sp³-hybridized carbons (Fsp3) is 0.267. The molecule has 0 N–H and O–H groups in total. The van der Waals surface area contributed by atoms with Crippen molar-refractivity contribution >= 4 is 23.8 Å². The molecular weight excluding hydrogens is 567 g/mol. The number of fused-ring (bicyclic) bond motifs is 3. The predicted molar refractivity (Wildman–Crippen MR) is 137 cm³/mol. The molecule has 179 valence electrons. The Balaban J connectivity index is 0.00000171. The standard InChI is InChI=1S/C30H31OSi.2ClH.Zr/c1-6-21-15-16-27-25-13-9-7-12-23(25)19-28(27)29(21)30-24(17-20(2)31-32(3,4)5)18-22-11-8-10-14-26(22)30;;;/h6-16,18,20,30H,17H2,1-5H3;2*1H;/q;;;+2/p-2. The van der Waals surface area contributed by atoms with E-state index in [9.17, 15) is 0 Å². The fourth-order valence-corrected chi connectivity index (χ4v) is 8.13. The van der Waals surface area contributed by atoms with Gasteiger partial charge in [0.1, 0.15) is 0 Å². The van der Waals surface area contributed by atoms with Gasteiger partial charge < -0.3 is 24.8 Å². The molecule has 1 nitrogen and oxygen atoms in total. The van der Waals surface area contributed by atoms with Crippen LogP contribution in [0.2, 0.25) is 19.6 Å². The third-order valence-electron chi connectivity index (χ3n) is 6.71. The number of rotatable bonds is 5. The Morgan fingerprint density at radius 1 is 0.914 bits per heavy atom. The second kappa shape index (κ2) is 11.0. The molecule has 0 bridgehead atoms. The summed E-state index contributed by atoms with van der Waals surface area (Å²) >= 11 is 1.48. The smallest absolute Gasteiger partial charge is 1.00 e. The molecule has 2 unspecified atom stereocenters. The van der Waals surface area contributed by atoms with Crippen LogP contribution in [-0.2, 0) is 29.1 Å². The zero-order valence-electron chi connectivity index (χ0n) is 21.0. The van der Waals surface area contributed by atoms with E-state index in [1.165, 1.54) is 76.7 Å². The van der Waals surface area contributed by atoms with Crippen LogP contribution in [0.1, 0.15) is 48.4 Å². The van der Waals surface area contributed by atoms with Crippen LogP contribution in [0.25, 0.3) is 15.4 Å². The molecule has 2 atom stereocenters.